The zero-order chi connectivity index (χ0) is 20.9. The molecule has 0 heterocycles. The summed E-state index contributed by atoms with van der Waals surface area (Å²) in [5.74, 6) is 0.149. The van der Waals surface area contributed by atoms with E-state index in [-0.39, 0.29) is 11.7 Å². The Hall–Kier alpha value is -3.92. The van der Waals surface area contributed by atoms with Crippen molar-refractivity contribution in [2.45, 2.75) is 13.0 Å². The molecule has 0 aromatic heterocycles. The van der Waals surface area contributed by atoms with Gasteiger partial charge in [-0.05, 0) is 42.0 Å². The van der Waals surface area contributed by atoms with E-state index < -0.39 is 6.10 Å². The van der Waals surface area contributed by atoms with E-state index in [4.69, 9.17) is 4.74 Å². The molecular weight excluding hydrogens is 374 g/mol. The average Bonchev–Trinajstić information content (AvgIpc) is 2.79. The number of rotatable bonds is 6. The summed E-state index contributed by atoms with van der Waals surface area (Å²) in [7, 11) is 0. The summed E-state index contributed by atoms with van der Waals surface area (Å²) in [6.07, 6.45) is -0.731. The highest BCUT2D eigenvalue weighted by Gasteiger charge is 2.19. The van der Waals surface area contributed by atoms with Gasteiger partial charge in [-0.1, -0.05) is 72.8 Å². The Morgan fingerprint density at radius 3 is 2.23 bits per heavy atom. The van der Waals surface area contributed by atoms with Crippen LogP contribution in [0.1, 0.15) is 22.8 Å². The fourth-order valence-corrected chi connectivity index (χ4v) is 3.27. The second-order valence-corrected chi connectivity index (χ2v) is 7.00. The summed E-state index contributed by atoms with van der Waals surface area (Å²) in [6, 6.07) is 29.7. The molecular formula is C26H21NO3. The maximum absolute atomic E-state index is 12.9. The van der Waals surface area contributed by atoms with E-state index in [1.807, 2.05) is 60.7 Å². The van der Waals surface area contributed by atoms with E-state index in [1.165, 1.54) is 0 Å². The van der Waals surface area contributed by atoms with Gasteiger partial charge in [0.05, 0.1) is 5.69 Å². The molecule has 1 amide bonds. The molecule has 0 aliphatic heterocycles. The number of anilines is 1. The molecule has 0 bridgehead atoms. The zero-order valence-corrected chi connectivity index (χ0v) is 16.5. The summed E-state index contributed by atoms with van der Waals surface area (Å²) >= 11 is 0. The molecule has 1 atom stereocenters. The van der Waals surface area contributed by atoms with Crippen LogP contribution in [0.25, 0.3) is 10.8 Å². The largest absolute Gasteiger partial charge is 0.481 e. The van der Waals surface area contributed by atoms with Crippen LogP contribution in [-0.4, -0.2) is 17.8 Å². The lowest BCUT2D eigenvalue weighted by atomic mass is 10.0. The molecule has 0 saturated heterocycles. The molecule has 0 aliphatic carbocycles. The van der Waals surface area contributed by atoms with Crippen LogP contribution in [0.3, 0.4) is 0 Å². The minimum Gasteiger partial charge on any atom is -0.481 e. The van der Waals surface area contributed by atoms with Gasteiger partial charge in [0, 0.05) is 11.1 Å². The number of fused-ring (bicyclic) bond motifs is 1. The van der Waals surface area contributed by atoms with Gasteiger partial charge in [0.2, 0.25) is 0 Å². The Bertz CT molecular complexity index is 1200. The second-order valence-electron chi connectivity index (χ2n) is 7.00. The number of carbonyl (C=O) groups excluding carboxylic acids is 2. The van der Waals surface area contributed by atoms with Crippen molar-refractivity contribution < 1.29 is 14.3 Å². The molecule has 4 aromatic carbocycles. The van der Waals surface area contributed by atoms with Crippen molar-refractivity contribution >= 4 is 28.2 Å². The lowest BCUT2D eigenvalue weighted by Crippen LogP contribution is -2.30. The number of hydrogen-bond donors (Lipinski definition) is 1. The van der Waals surface area contributed by atoms with Crippen LogP contribution in [0.5, 0.6) is 5.75 Å². The summed E-state index contributed by atoms with van der Waals surface area (Å²) < 4.78 is 5.84. The van der Waals surface area contributed by atoms with Gasteiger partial charge in [0.15, 0.2) is 11.9 Å². The number of para-hydroxylation sites is 1. The molecule has 4 heteroatoms. The van der Waals surface area contributed by atoms with Crippen LogP contribution in [-0.2, 0) is 4.79 Å². The molecule has 1 unspecified atom stereocenters. The molecule has 0 fully saturated rings. The first-order chi connectivity index (χ1) is 14.6. The van der Waals surface area contributed by atoms with Crippen LogP contribution in [0.15, 0.2) is 97.1 Å². The molecule has 0 radical (unpaired) electrons. The van der Waals surface area contributed by atoms with Gasteiger partial charge in [0.1, 0.15) is 5.75 Å². The first-order valence-electron chi connectivity index (χ1n) is 9.77. The normalized spacial score (nSPS) is 11.6. The number of nitrogens with one attached hydrogen (secondary N) is 1. The van der Waals surface area contributed by atoms with E-state index in [9.17, 15) is 9.59 Å². The molecule has 4 rings (SSSR count). The van der Waals surface area contributed by atoms with E-state index >= 15 is 0 Å². The molecule has 1 N–H and O–H groups in total. The first-order valence-corrected chi connectivity index (χ1v) is 9.77. The number of carbonyl (C=O) groups is 2. The smallest absolute Gasteiger partial charge is 0.265 e. The van der Waals surface area contributed by atoms with Crippen molar-refractivity contribution in [3.63, 3.8) is 0 Å². The van der Waals surface area contributed by atoms with Crippen molar-refractivity contribution in [2.24, 2.45) is 0 Å². The van der Waals surface area contributed by atoms with Crippen LogP contribution in [0, 0.1) is 0 Å². The third-order valence-electron chi connectivity index (χ3n) is 4.87. The van der Waals surface area contributed by atoms with Gasteiger partial charge in [-0.3, -0.25) is 9.59 Å². The fourth-order valence-electron chi connectivity index (χ4n) is 3.27. The van der Waals surface area contributed by atoms with E-state index in [1.54, 1.807) is 43.3 Å². The number of benzene rings is 4. The predicted octanol–water partition coefficient (Wildman–Crippen LogP) is 5.48. The third kappa shape index (κ3) is 4.23. The molecule has 0 saturated carbocycles. The standard InChI is InChI=1S/C26H21NO3/c1-18(30-22-16-15-19-9-5-6-12-21(19)17-22)26(29)27-24-14-8-7-13-23(24)25(28)20-10-3-2-4-11-20/h2-18H,1H3,(H,27,29). The van der Waals surface area contributed by atoms with Gasteiger partial charge >= 0.3 is 0 Å². The third-order valence-corrected chi connectivity index (χ3v) is 4.87. The van der Waals surface area contributed by atoms with Crippen LogP contribution in [0.2, 0.25) is 0 Å². The molecule has 4 nitrogen and oxygen atoms in total. The van der Waals surface area contributed by atoms with Crippen molar-refractivity contribution in [1.82, 2.24) is 0 Å². The topological polar surface area (TPSA) is 55.4 Å². The van der Waals surface area contributed by atoms with Gasteiger partial charge in [0.25, 0.3) is 5.91 Å². The molecule has 4 aromatic rings. The SMILES string of the molecule is CC(Oc1ccc2ccccc2c1)C(=O)Nc1ccccc1C(=O)c1ccccc1. The number of amides is 1. The first kappa shape index (κ1) is 19.4. The van der Waals surface area contributed by atoms with Crippen molar-refractivity contribution in [2.75, 3.05) is 5.32 Å². The quantitative estimate of drug-likeness (QED) is 0.440. The van der Waals surface area contributed by atoms with E-state index in [2.05, 4.69) is 5.32 Å². The highest BCUT2D eigenvalue weighted by Crippen LogP contribution is 2.23. The maximum atomic E-state index is 12.9. The lowest BCUT2D eigenvalue weighted by Gasteiger charge is -2.16. The molecule has 0 spiro atoms. The van der Waals surface area contributed by atoms with Crippen LogP contribution >= 0.6 is 0 Å². The molecule has 148 valence electrons. The number of ketones is 1. The van der Waals surface area contributed by atoms with Gasteiger partial charge in [-0.15, -0.1) is 0 Å². The Morgan fingerprint density at radius 2 is 1.43 bits per heavy atom. The van der Waals surface area contributed by atoms with Crippen LogP contribution in [0.4, 0.5) is 5.69 Å². The highest BCUT2D eigenvalue weighted by atomic mass is 16.5. The van der Waals surface area contributed by atoms with Crippen LogP contribution < -0.4 is 10.1 Å². The monoisotopic (exact) mass is 395 g/mol. The maximum Gasteiger partial charge on any atom is 0.265 e. The van der Waals surface area contributed by atoms with Gasteiger partial charge < -0.3 is 10.1 Å². The summed E-state index contributed by atoms with van der Waals surface area (Å²) in [5, 5.41) is 4.98. The summed E-state index contributed by atoms with van der Waals surface area (Å²) in [5.41, 5.74) is 1.47. The Kier molecular flexibility index (Phi) is 5.57. The minimum atomic E-state index is -0.731. The Labute approximate surface area is 175 Å². The average molecular weight is 395 g/mol. The molecule has 0 aliphatic rings. The minimum absolute atomic E-state index is 0.144. The fraction of sp³-hybridized carbons (Fsp3) is 0.0769. The second kappa shape index (κ2) is 8.62. The number of ether oxygens (including phenoxy) is 1. The highest BCUT2D eigenvalue weighted by molar-refractivity contribution is 6.14. The van der Waals surface area contributed by atoms with Gasteiger partial charge in [-0.2, -0.15) is 0 Å². The van der Waals surface area contributed by atoms with E-state index in [0.717, 1.165) is 10.8 Å². The summed E-state index contributed by atoms with van der Waals surface area (Å²) in [6.45, 7) is 1.69. The lowest BCUT2D eigenvalue weighted by molar-refractivity contribution is -0.122. The molecule has 30 heavy (non-hydrogen) atoms. The van der Waals surface area contributed by atoms with Gasteiger partial charge in [-0.25, -0.2) is 0 Å². The Morgan fingerprint density at radius 1 is 0.767 bits per heavy atom. The summed E-state index contributed by atoms with van der Waals surface area (Å²) in [4.78, 5) is 25.6. The Balaban J connectivity index is 1.50. The number of hydrogen-bond acceptors (Lipinski definition) is 3. The van der Waals surface area contributed by atoms with E-state index in [0.29, 0.717) is 22.6 Å². The van der Waals surface area contributed by atoms with Crippen molar-refractivity contribution in [3.8, 4) is 5.75 Å². The van der Waals surface area contributed by atoms with Crippen molar-refractivity contribution in [3.05, 3.63) is 108 Å². The predicted molar refractivity (Wildman–Crippen MR) is 119 cm³/mol. The zero-order valence-electron chi connectivity index (χ0n) is 16.5. The van der Waals surface area contributed by atoms with Crippen molar-refractivity contribution in [1.29, 1.82) is 0 Å².